The van der Waals surface area contributed by atoms with E-state index in [1.165, 1.54) is 66.0 Å². The van der Waals surface area contributed by atoms with Gasteiger partial charge in [0.15, 0.2) is 35.3 Å². The van der Waals surface area contributed by atoms with Crippen LogP contribution >= 0.6 is 46.7 Å². The molecule has 18 N–H and O–H groups in total. The predicted molar refractivity (Wildman–Crippen MR) is 447 cm³/mol. The standard InChI is InChI=1S/C86H92Cl2N8O25S2/c1-4-6-8-10-12-14-24-122-75-76(123-25-15-13-11-9-7-5-2)84(114)96(83(75)113)70-42-18-21-55(102)59(32-42)117-48-29-44(28-46(99)35-48)65-79(109)93-66-45-33-60(118-57-22-16-40(26-51(57)87)27-53(77(107)91-65)90-82(70)112)71(104)61(34-45)119-58-23-19-43(31-52(58)88)74(121-86-68(89-39(3)98)73(106)72(105)62(38-97)120-86)69-81(111)94-67(85(115)116)50-36-47(100)37-56(103)63(50)49-30-41(17-20-54(49)101)64(78(108)95-69)92-80(66)110/h16-23,26,28-37,53,62,64-70,72-74,80,86,92,97,99-106,110H,4-15,24-25,27,38H2,1-3H3,(H,89,98)(H,90,112)(H,91,107)(H,93,109)(H,94,111)(H,95,108)(H,115,116)/t53-,62-,64-,65+,66-,67-,68-,69-,70-,72-,73-,74-,80?,86+/m1/s1. The van der Waals surface area contributed by atoms with E-state index in [-0.39, 0.29) is 65.5 Å². The number of carbonyl (C=O) groups excluding carboxylic acids is 8. The number of hydrogen-bond acceptors (Lipinski definition) is 27. The SMILES string of the molecule is CCCCCCCCSC1=C(SCCCCCCCC)C(=O)N([C@H]2C(=O)N[C@@H]3Cc4ccc(c(Cl)c4)Oc4cc5cc(c4O)Oc4ccc(cc4Cl)[C@@H](O[C@@H]4O[C@H](CO)[C@@H](O)[C@H](O)[C@H]4NC(C)=O)[C@H]4NC(=O)[C@H](NC(O)[C@@H]5NC(=O)[C@@H](NC3=O)c3cc(O)cc(c3)Oc3cc2ccc3O)c2ccc(O)c(c2)-c2c(O)cc(O)cc2[C@H](C(=O)O)NC4=O)C1=O. The van der Waals surface area contributed by atoms with Crippen LogP contribution in [0, 0.1) is 0 Å². The molecule has 1 unspecified atom stereocenters. The maximum atomic E-state index is 16.3. The maximum Gasteiger partial charge on any atom is 0.330 e. The van der Waals surface area contributed by atoms with Crippen LogP contribution in [0.3, 0.4) is 0 Å². The lowest BCUT2D eigenvalue weighted by molar-refractivity contribution is -0.284. The molecule has 7 aromatic rings. The van der Waals surface area contributed by atoms with Crippen LogP contribution in [0.1, 0.15) is 173 Å². The minimum Gasteiger partial charge on any atom is -0.508 e. The first-order valence-electron chi connectivity index (χ1n) is 40.1. The smallest absolute Gasteiger partial charge is 0.330 e. The van der Waals surface area contributed by atoms with Crippen LogP contribution in [-0.4, -0.2) is 181 Å². The normalized spacial score (nSPS) is 24.0. The number of thioether (sulfide) groups is 2. The van der Waals surface area contributed by atoms with Gasteiger partial charge in [0.1, 0.15) is 107 Å². The summed E-state index contributed by atoms with van der Waals surface area (Å²) in [4.78, 5) is 139. The van der Waals surface area contributed by atoms with E-state index >= 15 is 33.6 Å². The minimum absolute atomic E-state index is 0.0910. The first-order valence-corrected chi connectivity index (χ1v) is 42.8. The minimum atomic E-state index is -2.51. The summed E-state index contributed by atoms with van der Waals surface area (Å²) in [5, 5.41) is 146. The summed E-state index contributed by atoms with van der Waals surface area (Å²) in [7, 11) is 0. The number of nitrogens with zero attached hydrogens (tertiary/aromatic N) is 1. The highest BCUT2D eigenvalue weighted by Gasteiger charge is 2.51. The summed E-state index contributed by atoms with van der Waals surface area (Å²) in [6.45, 7) is 4.24. The number of fused-ring (bicyclic) bond motifs is 14. The molecule has 8 heterocycles. The van der Waals surface area contributed by atoms with Crippen LogP contribution in [0.2, 0.25) is 10.0 Å². The lowest BCUT2D eigenvalue weighted by Gasteiger charge is -2.44. The van der Waals surface area contributed by atoms with Gasteiger partial charge in [-0.3, -0.25) is 48.6 Å². The predicted octanol–water partition coefficient (Wildman–Crippen LogP) is 9.55. The molecule has 123 heavy (non-hydrogen) atoms. The van der Waals surface area contributed by atoms with E-state index < -0.39 is 225 Å². The van der Waals surface area contributed by atoms with Crippen molar-refractivity contribution in [1.82, 2.24) is 42.1 Å². The summed E-state index contributed by atoms with van der Waals surface area (Å²) in [5.74, 6) is -16.9. The summed E-state index contributed by atoms with van der Waals surface area (Å²) in [6, 6.07) is 4.59. The van der Waals surface area contributed by atoms with Gasteiger partial charge in [-0.1, -0.05) is 126 Å². The number of benzene rings is 7. The molecule has 0 radical (unpaired) electrons. The number of rotatable bonds is 22. The second-order valence-electron chi connectivity index (χ2n) is 30.6. The fourth-order valence-corrected chi connectivity index (χ4v) is 18.4. The molecule has 8 aliphatic rings. The quantitative estimate of drug-likeness (QED) is 0.0222. The maximum absolute atomic E-state index is 16.3. The zero-order valence-electron chi connectivity index (χ0n) is 66.5. The molecule has 17 bridgehead atoms. The van der Waals surface area contributed by atoms with Crippen molar-refractivity contribution in [2.45, 2.75) is 190 Å². The number of imide groups is 1. The molecule has 0 spiro atoms. The molecule has 14 atom stereocenters. The molecule has 0 aromatic heterocycles. The molecule has 1 fully saturated rings. The third kappa shape index (κ3) is 19.9. The number of aliphatic hydroxyl groups excluding tert-OH is 4. The summed E-state index contributed by atoms with van der Waals surface area (Å²) in [5.41, 5.74) is -2.79. The number of unbranched alkanes of at least 4 members (excludes halogenated alkanes) is 10. The van der Waals surface area contributed by atoms with Gasteiger partial charge in [-0.25, -0.2) is 4.79 Å². The molecule has 37 heteroatoms. The Hall–Kier alpha value is -11.1. The number of aliphatic hydroxyl groups is 4. The lowest BCUT2D eigenvalue weighted by atomic mass is 9.89. The number of halogens is 2. The zero-order valence-corrected chi connectivity index (χ0v) is 69.7. The van der Waals surface area contributed by atoms with Gasteiger partial charge in [0.05, 0.1) is 32.5 Å². The Morgan fingerprint density at radius 2 is 1.14 bits per heavy atom. The van der Waals surface area contributed by atoms with Crippen LogP contribution in [0.15, 0.2) is 125 Å². The number of nitrogens with one attached hydrogen (secondary N) is 7. The first kappa shape index (κ1) is 89.7. The molecule has 652 valence electrons. The Bertz CT molecular complexity index is 5260. The average Bonchev–Trinajstić information content (AvgIpc) is 1.67. The summed E-state index contributed by atoms with van der Waals surface area (Å²) >= 11 is 16.8. The largest absolute Gasteiger partial charge is 0.508 e. The van der Waals surface area contributed by atoms with Crippen molar-refractivity contribution >= 4 is 100.0 Å². The molecular weight excluding hydrogens is 1680 g/mol. The highest BCUT2D eigenvalue weighted by molar-refractivity contribution is 8.08. The second kappa shape index (κ2) is 39.2. The molecule has 33 nitrogen and oxygen atoms in total. The molecule has 1 saturated heterocycles. The monoisotopic (exact) mass is 1770 g/mol. The molecule has 0 aliphatic carbocycles. The number of carbonyl (C=O) groups is 9. The van der Waals surface area contributed by atoms with Gasteiger partial charge >= 0.3 is 5.97 Å². The number of carboxylic acids is 1. The van der Waals surface area contributed by atoms with Crippen molar-refractivity contribution in [2.24, 2.45) is 0 Å². The van der Waals surface area contributed by atoms with E-state index in [2.05, 4.69) is 51.1 Å². The number of ether oxygens (including phenoxy) is 5. The Morgan fingerprint density at radius 1 is 0.545 bits per heavy atom. The Labute approximate surface area is 722 Å². The molecule has 8 amide bonds. The third-order valence-corrected chi connectivity index (χ3v) is 24.8. The summed E-state index contributed by atoms with van der Waals surface area (Å²) < 4.78 is 31.8. The van der Waals surface area contributed by atoms with E-state index in [0.717, 1.165) is 149 Å². The van der Waals surface area contributed by atoms with Crippen molar-refractivity contribution in [1.29, 1.82) is 0 Å². The number of amides is 8. The zero-order chi connectivity index (χ0) is 87.9. The number of carboxylic acid groups (broad SMARTS) is 1. The van der Waals surface area contributed by atoms with E-state index in [4.69, 9.17) is 46.9 Å². The highest BCUT2D eigenvalue weighted by atomic mass is 35.5. The first-order chi connectivity index (χ1) is 58.9. The molecule has 15 rings (SSSR count). The van der Waals surface area contributed by atoms with Crippen LogP contribution < -0.4 is 51.4 Å². The van der Waals surface area contributed by atoms with Gasteiger partial charge in [-0.15, -0.1) is 23.5 Å². The van der Waals surface area contributed by atoms with Gasteiger partial charge in [0.2, 0.25) is 41.2 Å². The fourth-order valence-electron chi connectivity index (χ4n) is 15.6. The molecule has 0 saturated carbocycles. The van der Waals surface area contributed by atoms with Gasteiger partial charge in [0, 0.05) is 42.2 Å². The third-order valence-electron chi connectivity index (χ3n) is 21.8. The lowest BCUT2D eigenvalue weighted by Crippen LogP contribution is -2.65. The van der Waals surface area contributed by atoms with Crippen molar-refractivity contribution < 1.29 is 123 Å². The van der Waals surface area contributed by atoms with Crippen molar-refractivity contribution in [2.75, 3.05) is 18.1 Å². The number of hydrogen-bond donors (Lipinski definition) is 18. The number of aliphatic carboxylic acids is 1. The van der Waals surface area contributed by atoms with Crippen LogP contribution in [-0.2, 0) is 59.0 Å². The Balaban J connectivity index is 0.971. The van der Waals surface area contributed by atoms with Crippen molar-refractivity contribution in [3.8, 4) is 80.1 Å². The van der Waals surface area contributed by atoms with E-state index in [1.54, 1.807) is 0 Å². The van der Waals surface area contributed by atoms with Gasteiger partial charge in [-0.05, 0) is 137 Å². The Morgan fingerprint density at radius 3 is 1.77 bits per heavy atom. The fraction of sp³-hybridized carbons (Fsp3) is 0.384. The van der Waals surface area contributed by atoms with Crippen LogP contribution in [0.5, 0.6) is 69.0 Å². The molecule has 8 aliphatic heterocycles. The van der Waals surface area contributed by atoms with E-state index in [1.807, 2.05) is 0 Å². The van der Waals surface area contributed by atoms with Gasteiger partial charge in [-0.2, -0.15) is 0 Å². The van der Waals surface area contributed by atoms with Crippen LogP contribution in [0.4, 0.5) is 0 Å². The molecular formula is C86H92Cl2N8O25S2. The number of phenols is 6. The topological polar surface area (TPSA) is 510 Å². The van der Waals surface area contributed by atoms with E-state index in [0.29, 0.717) is 24.3 Å². The van der Waals surface area contributed by atoms with Gasteiger partial charge < -0.3 is 112 Å². The Kier molecular flexibility index (Phi) is 28.6. The van der Waals surface area contributed by atoms with Crippen LogP contribution in [0.25, 0.3) is 11.1 Å². The number of aromatic hydroxyl groups is 6. The van der Waals surface area contributed by atoms with E-state index in [9.17, 15) is 65.8 Å². The van der Waals surface area contributed by atoms with Crippen molar-refractivity contribution in [3.05, 3.63) is 174 Å². The highest BCUT2D eigenvalue weighted by Crippen LogP contribution is 2.50. The van der Waals surface area contributed by atoms with Gasteiger partial charge in [0.25, 0.3) is 11.8 Å². The summed E-state index contributed by atoms with van der Waals surface area (Å²) in [6.07, 6.45) is -1.65. The second-order valence-corrected chi connectivity index (χ2v) is 33.6. The average molecular weight is 1770 g/mol. The molecule has 7 aromatic carbocycles. The van der Waals surface area contributed by atoms with Crippen molar-refractivity contribution in [3.63, 3.8) is 0 Å². The number of phenolic OH excluding ortho intramolecular Hbond substituents is 6.